The number of pyridine rings is 1. The van der Waals surface area contributed by atoms with E-state index >= 15 is 0 Å². The highest BCUT2D eigenvalue weighted by Crippen LogP contribution is 2.34. The van der Waals surface area contributed by atoms with Crippen LogP contribution in [0.4, 0.5) is 0 Å². The average Bonchev–Trinajstić information content (AvgIpc) is 3.14. The molecule has 0 spiro atoms. The molecule has 0 radical (unpaired) electrons. The summed E-state index contributed by atoms with van der Waals surface area (Å²) in [6.45, 7) is 6.84. The van der Waals surface area contributed by atoms with Crippen molar-refractivity contribution in [3.8, 4) is 0 Å². The van der Waals surface area contributed by atoms with E-state index in [1.165, 1.54) is 6.92 Å². The molecule has 0 bridgehead atoms. The van der Waals surface area contributed by atoms with Crippen molar-refractivity contribution in [2.24, 2.45) is 0 Å². The fraction of sp³-hybridized carbons (Fsp3) is 0.500. The van der Waals surface area contributed by atoms with E-state index in [0.29, 0.717) is 18.3 Å². The monoisotopic (exact) mass is 315 g/mol. The Morgan fingerprint density at radius 3 is 2.91 bits per heavy atom. The van der Waals surface area contributed by atoms with Crippen LogP contribution in [0.5, 0.6) is 0 Å². The van der Waals surface area contributed by atoms with Crippen LogP contribution in [0.2, 0.25) is 0 Å². The highest BCUT2D eigenvalue weighted by molar-refractivity contribution is 5.74. The normalized spacial score (nSPS) is 22.9. The van der Waals surface area contributed by atoms with Crippen molar-refractivity contribution in [2.45, 2.75) is 38.8 Å². The topological polar surface area (TPSA) is 84.2 Å². The first-order valence-corrected chi connectivity index (χ1v) is 7.75. The van der Waals surface area contributed by atoms with Crippen LogP contribution >= 0.6 is 0 Å². The van der Waals surface area contributed by atoms with E-state index in [1.54, 1.807) is 13.1 Å². The van der Waals surface area contributed by atoms with Crippen LogP contribution in [-0.2, 0) is 10.3 Å². The number of likely N-dealkylation sites (tertiary alicyclic amines) is 1. The zero-order valence-corrected chi connectivity index (χ0v) is 13.6. The van der Waals surface area contributed by atoms with Gasteiger partial charge in [0.25, 0.3) is 0 Å². The Morgan fingerprint density at radius 2 is 2.30 bits per heavy atom. The first-order valence-electron chi connectivity index (χ1n) is 7.75. The van der Waals surface area contributed by atoms with Crippen molar-refractivity contribution in [1.29, 1.82) is 0 Å². The molecule has 3 rings (SSSR count). The second-order valence-corrected chi connectivity index (χ2v) is 6.05. The molecule has 7 nitrogen and oxygen atoms in total. The molecule has 1 amide bonds. The van der Waals surface area contributed by atoms with Gasteiger partial charge in [-0.3, -0.25) is 14.7 Å². The minimum Gasteiger partial charge on any atom is -0.342 e. The Balaban J connectivity index is 1.85. The SMILES string of the molecule is CC(=O)N[C@]1(c2noc(C)n2)CCN([C@@H](C)c2ccccn2)C1. The Kier molecular flexibility index (Phi) is 4.12. The van der Waals surface area contributed by atoms with Crippen LogP contribution in [0.25, 0.3) is 0 Å². The van der Waals surface area contributed by atoms with Crippen molar-refractivity contribution < 1.29 is 9.32 Å². The third-order valence-electron chi connectivity index (χ3n) is 4.33. The molecule has 1 N–H and O–H groups in total. The molecule has 1 fully saturated rings. The molecule has 2 aromatic heterocycles. The van der Waals surface area contributed by atoms with Gasteiger partial charge in [0.05, 0.1) is 5.69 Å². The van der Waals surface area contributed by atoms with Gasteiger partial charge in [0.1, 0.15) is 5.54 Å². The highest BCUT2D eigenvalue weighted by atomic mass is 16.5. The number of nitrogens with zero attached hydrogens (tertiary/aromatic N) is 4. The highest BCUT2D eigenvalue weighted by Gasteiger charge is 2.45. The van der Waals surface area contributed by atoms with E-state index in [4.69, 9.17) is 4.52 Å². The number of aryl methyl sites for hydroxylation is 1. The van der Waals surface area contributed by atoms with Gasteiger partial charge >= 0.3 is 0 Å². The summed E-state index contributed by atoms with van der Waals surface area (Å²) in [5, 5.41) is 7.08. The lowest BCUT2D eigenvalue weighted by molar-refractivity contribution is -0.121. The largest absolute Gasteiger partial charge is 0.342 e. The predicted molar refractivity (Wildman–Crippen MR) is 83.4 cm³/mol. The smallest absolute Gasteiger partial charge is 0.223 e. The molecular weight excluding hydrogens is 294 g/mol. The summed E-state index contributed by atoms with van der Waals surface area (Å²) in [7, 11) is 0. The summed E-state index contributed by atoms with van der Waals surface area (Å²) < 4.78 is 5.12. The molecule has 2 atom stereocenters. The van der Waals surface area contributed by atoms with Crippen LogP contribution in [0.15, 0.2) is 28.9 Å². The fourth-order valence-electron chi connectivity index (χ4n) is 3.15. The molecule has 122 valence electrons. The maximum absolute atomic E-state index is 11.7. The van der Waals surface area contributed by atoms with Crippen LogP contribution in [-0.4, -0.2) is 39.0 Å². The van der Waals surface area contributed by atoms with Gasteiger partial charge in [-0.05, 0) is 25.5 Å². The average molecular weight is 315 g/mol. The lowest BCUT2D eigenvalue weighted by Gasteiger charge is -2.29. The fourth-order valence-corrected chi connectivity index (χ4v) is 3.15. The van der Waals surface area contributed by atoms with Crippen LogP contribution < -0.4 is 5.32 Å². The van der Waals surface area contributed by atoms with E-state index in [2.05, 4.69) is 32.3 Å². The summed E-state index contributed by atoms with van der Waals surface area (Å²) in [6, 6.07) is 6.06. The van der Waals surface area contributed by atoms with Crippen molar-refractivity contribution in [2.75, 3.05) is 13.1 Å². The van der Waals surface area contributed by atoms with Gasteiger partial charge in [-0.25, -0.2) is 0 Å². The molecule has 0 aromatic carbocycles. The molecule has 1 aliphatic heterocycles. The molecule has 3 heterocycles. The van der Waals surface area contributed by atoms with Crippen molar-refractivity contribution in [3.05, 3.63) is 41.8 Å². The molecule has 0 aliphatic carbocycles. The summed E-state index contributed by atoms with van der Waals surface area (Å²) in [4.78, 5) is 22.8. The molecule has 2 aromatic rings. The first kappa shape index (κ1) is 15.6. The summed E-state index contributed by atoms with van der Waals surface area (Å²) in [5.74, 6) is 0.946. The van der Waals surface area contributed by atoms with Gasteiger partial charge in [-0.15, -0.1) is 0 Å². The number of hydrogen-bond acceptors (Lipinski definition) is 6. The number of amides is 1. The van der Waals surface area contributed by atoms with E-state index in [-0.39, 0.29) is 11.9 Å². The maximum Gasteiger partial charge on any atom is 0.223 e. The Bertz CT molecular complexity index is 687. The van der Waals surface area contributed by atoms with Gasteiger partial charge < -0.3 is 9.84 Å². The third-order valence-corrected chi connectivity index (χ3v) is 4.33. The Labute approximate surface area is 135 Å². The quantitative estimate of drug-likeness (QED) is 0.922. The van der Waals surface area contributed by atoms with E-state index in [0.717, 1.165) is 18.7 Å². The number of nitrogens with one attached hydrogen (secondary N) is 1. The van der Waals surface area contributed by atoms with Crippen LogP contribution in [0.1, 0.15) is 43.7 Å². The lowest BCUT2D eigenvalue weighted by Crippen LogP contribution is -2.48. The molecule has 7 heteroatoms. The van der Waals surface area contributed by atoms with Crippen molar-refractivity contribution in [3.63, 3.8) is 0 Å². The molecule has 0 unspecified atom stereocenters. The molecule has 0 saturated carbocycles. The van der Waals surface area contributed by atoms with Crippen LogP contribution in [0.3, 0.4) is 0 Å². The van der Waals surface area contributed by atoms with Crippen molar-refractivity contribution >= 4 is 5.91 Å². The zero-order valence-electron chi connectivity index (χ0n) is 13.6. The minimum atomic E-state index is -0.605. The number of rotatable bonds is 4. The maximum atomic E-state index is 11.7. The van der Waals surface area contributed by atoms with Gasteiger partial charge in [-0.1, -0.05) is 11.2 Å². The van der Waals surface area contributed by atoms with Gasteiger partial charge in [-0.2, -0.15) is 4.98 Å². The van der Waals surface area contributed by atoms with E-state index in [1.807, 2.05) is 18.2 Å². The summed E-state index contributed by atoms with van der Waals surface area (Å²) >= 11 is 0. The number of hydrogen-bond donors (Lipinski definition) is 1. The summed E-state index contributed by atoms with van der Waals surface area (Å²) in [5.41, 5.74) is 0.405. The number of carbonyl (C=O) groups is 1. The van der Waals surface area contributed by atoms with Crippen molar-refractivity contribution in [1.82, 2.24) is 25.3 Å². The predicted octanol–water partition coefficient (Wildman–Crippen LogP) is 1.57. The standard InChI is InChI=1S/C16H21N5O2/c1-11(14-6-4-5-8-17-14)21-9-7-16(10-21,19-12(2)22)15-18-13(3)23-20-15/h4-6,8,11H,7,9-10H2,1-3H3,(H,19,22)/t11-,16+/m0/s1. The van der Waals surface area contributed by atoms with Gasteiger partial charge in [0.15, 0.2) is 5.82 Å². The van der Waals surface area contributed by atoms with E-state index in [9.17, 15) is 4.79 Å². The second kappa shape index (κ2) is 6.08. The molecular formula is C16H21N5O2. The zero-order chi connectivity index (χ0) is 16.4. The molecule has 1 saturated heterocycles. The van der Waals surface area contributed by atoms with Gasteiger partial charge in [0, 0.05) is 39.2 Å². The molecule has 1 aliphatic rings. The third kappa shape index (κ3) is 3.10. The first-order chi connectivity index (χ1) is 11.0. The number of carbonyl (C=O) groups excluding carboxylic acids is 1. The molecule has 23 heavy (non-hydrogen) atoms. The van der Waals surface area contributed by atoms with Gasteiger partial charge in [0.2, 0.25) is 11.8 Å². The summed E-state index contributed by atoms with van der Waals surface area (Å²) in [6.07, 6.45) is 2.54. The minimum absolute atomic E-state index is 0.0974. The Hall–Kier alpha value is -2.28. The van der Waals surface area contributed by atoms with Crippen LogP contribution in [0, 0.1) is 6.92 Å². The van der Waals surface area contributed by atoms with E-state index < -0.39 is 5.54 Å². The Morgan fingerprint density at radius 1 is 1.48 bits per heavy atom. The number of aromatic nitrogens is 3. The lowest BCUT2D eigenvalue weighted by atomic mass is 9.97. The second-order valence-electron chi connectivity index (χ2n) is 6.05.